The summed E-state index contributed by atoms with van der Waals surface area (Å²) in [7, 11) is 0. The molecular weight excluding hydrogens is 320 g/mol. The Bertz CT molecular complexity index is 670. The highest BCUT2D eigenvalue weighted by Gasteiger charge is 2.21. The molecule has 2 atom stereocenters. The molecule has 136 valence electrons. The van der Waals surface area contributed by atoms with E-state index in [0.717, 1.165) is 5.56 Å². The second-order valence-electron chi connectivity index (χ2n) is 6.50. The van der Waals surface area contributed by atoms with Crippen LogP contribution in [0.2, 0.25) is 0 Å². The molecule has 2 N–H and O–H groups in total. The number of carbonyl (C=O) groups excluding carboxylic acids is 1. The Labute approximate surface area is 148 Å². The van der Waals surface area contributed by atoms with Crippen molar-refractivity contribution in [2.75, 3.05) is 13.1 Å². The molecule has 7 nitrogen and oxygen atoms in total. The average molecular weight is 346 g/mol. The largest absolute Gasteiger partial charge is 0.392 e. The van der Waals surface area contributed by atoms with Gasteiger partial charge in [-0.3, -0.25) is 0 Å². The first-order valence-electron chi connectivity index (χ1n) is 8.50. The Balaban J connectivity index is 1.95. The summed E-state index contributed by atoms with van der Waals surface area (Å²) in [5.41, 5.74) is 0.886. The lowest BCUT2D eigenvalue weighted by Gasteiger charge is -2.28. The number of aromatic nitrogens is 2. The van der Waals surface area contributed by atoms with Gasteiger partial charge < -0.3 is 19.8 Å². The SMILES string of the molecule is CC(O)CN(C(=O)NCC(C)c1nc(-c2ccccc2)no1)C(C)C. The second-order valence-corrected chi connectivity index (χ2v) is 6.50. The summed E-state index contributed by atoms with van der Waals surface area (Å²) < 4.78 is 5.32. The lowest BCUT2D eigenvalue weighted by Crippen LogP contribution is -2.47. The number of carbonyl (C=O) groups is 1. The Morgan fingerprint density at radius 2 is 1.92 bits per heavy atom. The first kappa shape index (κ1) is 18.9. The normalized spacial score (nSPS) is 13.5. The van der Waals surface area contributed by atoms with Gasteiger partial charge in [-0.05, 0) is 20.8 Å². The van der Waals surface area contributed by atoms with E-state index in [4.69, 9.17) is 4.52 Å². The summed E-state index contributed by atoms with van der Waals surface area (Å²) in [6.07, 6.45) is -0.574. The van der Waals surface area contributed by atoms with E-state index in [1.54, 1.807) is 11.8 Å². The van der Waals surface area contributed by atoms with Crippen LogP contribution in [-0.2, 0) is 0 Å². The smallest absolute Gasteiger partial charge is 0.317 e. The number of amides is 2. The fraction of sp³-hybridized carbons (Fsp3) is 0.500. The highest BCUT2D eigenvalue weighted by molar-refractivity contribution is 5.74. The van der Waals surface area contributed by atoms with Gasteiger partial charge in [0, 0.05) is 24.7 Å². The third kappa shape index (κ3) is 5.29. The van der Waals surface area contributed by atoms with Crippen molar-refractivity contribution in [3.8, 4) is 11.4 Å². The van der Waals surface area contributed by atoms with Crippen molar-refractivity contribution in [1.29, 1.82) is 0 Å². The zero-order valence-electron chi connectivity index (χ0n) is 15.1. The van der Waals surface area contributed by atoms with Crippen LogP contribution in [0.1, 0.15) is 39.5 Å². The van der Waals surface area contributed by atoms with Gasteiger partial charge in [0.2, 0.25) is 11.7 Å². The van der Waals surface area contributed by atoms with Crippen molar-refractivity contribution in [1.82, 2.24) is 20.4 Å². The van der Waals surface area contributed by atoms with E-state index in [1.807, 2.05) is 51.1 Å². The van der Waals surface area contributed by atoms with Crippen LogP contribution >= 0.6 is 0 Å². The maximum atomic E-state index is 12.3. The second kappa shape index (κ2) is 8.62. The molecule has 0 fully saturated rings. The van der Waals surface area contributed by atoms with Gasteiger partial charge in [-0.15, -0.1) is 0 Å². The average Bonchev–Trinajstić information content (AvgIpc) is 3.08. The van der Waals surface area contributed by atoms with E-state index < -0.39 is 6.10 Å². The molecule has 2 amide bonds. The van der Waals surface area contributed by atoms with Gasteiger partial charge in [-0.1, -0.05) is 42.4 Å². The van der Waals surface area contributed by atoms with Crippen molar-refractivity contribution in [3.05, 3.63) is 36.2 Å². The zero-order chi connectivity index (χ0) is 18.4. The third-order valence-corrected chi connectivity index (χ3v) is 3.80. The van der Waals surface area contributed by atoms with Crippen LogP contribution in [0.25, 0.3) is 11.4 Å². The Hall–Kier alpha value is -2.41. The molecule has 0 aliphatic carbocycles. The zero-order valence-corrected chi connectivity index (χ0v) is 15.1. The van der Waals surface area contributed by atoms with Gasteiger partial charge in [-0.25, -0.2) is 4.79 Å². The highest BCUT2D eigenvalue weighted by atomic mass is 16.5. The van der Waals surface area contributed by atoms with Gasteiger partial charge in [-0.2, -0.15) is 4.98 Å². The maximum absolute atomic E-state index is 12.3. The van der Waals surface area contributed by atoms with Gasteiger partial charge >= 0.3 is 6.03 Å². The number of rotatable bonds is 7. The molecular formula is C18H26N4O3. The number of benzene rings is 1. The standard InChI is InChI=1S/C18H26N4O3/c1-12(2)22(11-14(4)23)18(24)19-10-13(3)17-20-16(21-25-17)15-8-6-5-7-9-15/h5-9,12-14,23H,10-11H2,1-4H3,(H,19,24). The summed E-state index contributed by atoms with van der Waals surface area (Å²) in [5.74, 6) is 0.895. The van der Waals surface area contributed by atoms with Crippen LogP contribution in [0, 0.1) is 0 Å². The molecule has 1 aromatic carbocycles. The fourth-order valence-corrected chi connectivity index (χ4v) is 2.38. The highest BCUT2D eigenvalue weighted by Crippen LogP contribution is 2.19. The molecule has 2 unspecified atom stereocenters. The minimum atomic E-state index is -0.574. The van der Waals surface area contributed by atoms with Crippen molar-refractivity contribution in [2.45, 2.75) is 45.8 Å². The van der Waals surface area contributed by atoms with Crippen LogP contribution in [0.15, 0.2) is 34.9 Å². The van der Waals surface area contributed by atoms with Crippen molar-refractivity contribution < 1.29 is 14.4 Å². The van der Waals surface area contributed by atoms with Gasteiger partial charge in [0.15, 0.2) is 0 Å². The van der Waals surface area contributed by atoms with E-state index >= 15 is 0 Å². The van der Waals surface area contributed by atoms with Crippen molar-refractivity contribution in [2.24, 2.45) is 0 Å². The first-order chi connectivity index (χ1) is 11.9. The summed E-state index contributed by atoms with van der Waals surface area (Å²) in [6, 6.07) is 9.37. The van der Waals surface area contributed by atoms with Crippen LogP contribution in [-0.4, -0.2) is 51.4 Å². The number of urea groups is 1. The van der Waals surface area contributed by atoms with Crippen LogP contribution < -0.4 is 5.32 Å². The van der Waals surface area contributed by atoms with E-state index in [2.05, 4.69) is 15.5 Å². The number of aliphatic hydroxyl groups excluding tert-OH is 1. The number of hydrogen-bond donors (Lipinski definition) is 2. The molecule has 7 heteroatoms. The Kier molecular flexibility index (Phi) is 6.52. The topological polar surface area (TPSA) is 91.5 Å². The first-order valence-corrected chi connectivity index (χ1v) is 8.50. The monoisotopic (exact) mass is 346 g/mol. The number of nitrogens with zero attached hydrogens (tertiary/aromatic N) is 3. The predicted molar refractivity (Wildman–Crippen MR) is 95.1 cm³/mol. The number of hydrogen-bond acceptors (Lipinski definition) is 5. The maximum Gasteiger partial charge on any atom is 0.317 e. The van der Waals surface area contributed by atoms with Gasteiger partial charge in [0.05, 0.1) is 12.0 Å². The Morgan fingerprint density at radius 1 is 1.24 bits per heavy atom. The van der Waals surface area contributed by atoms with Crippen molar-refractivity contribution in [3.63, 3.8) is 0 Å². The molecule has 0 aliphatic heterocycles. The molecule has 0 saturated heterocycles. The van der Waals surface area contributed by atoms with Crippen LogP contribution in [0.5, 0.6) is 0 Å². The molecule has 0 spiro atoms. The van der Waals surface area contributed by atoms with Crippen molar-refractivity contribution >= 4 is 6.03 Å². The molecule has 0 radical (unpaired) electrons. The quantitative estimate of drug-likeness (QED) is 0.804. The number of aliphatic hydroxyl groups is 1. The molecule has 2 aromatic rings. The van der Waals surface area contributed by atoms with E-state index in [0.29, 0.717) is 18.3 Å². The summed E-state index contributed by atoms with van der Waals surface area (Å²) in [4.78, 5) is 18.3. The molecule has 0 saturated carbocycles. The molecule has 2 rings (SSSR count). The number of nitrogens with one attached hydrogen (secondary N) is 1. The molecule has 0 aliphatic rings. The minimum absolute atomic E-state index is 0.00186. The van der Waals surface area contributed by atoms with Crippen LogP contribution in [0.4, 0.5) is 4.79 Å². The molecule has 1 heterocycles. The third-order valence-electron chi connectivity index (χ3n) is 3.80. The lowest BCUT2D eigenvalue weighted by atomic mass is 10.2. The van der Waals surface area contributed by atoms with E-state index in [9.17, 15) is 9.90 Å². The molecule has 1 aromatic heterocycles. The van der Waals surface area contributed by atoms with Gasteiger partial charge in [0.25, 0.3) is 0 Å². The lowest BCUT2D eigenvalue weighted by molar-refractivity contribution is 0.118. The summed E-state index contributed by atoms with van der Waals surface area (Å²) >= 11 is 0. The fourth-order valence-electron chi connectivity index (χ4n) is 2.38. The summed E-state index contributed by atoms with van der Waals surface area (Å²) in [5, 5.41) is 16.4. The minimum Gasteiger partial charge on any atom is -0.392 e. The van der Waals surface area contributed by atoms with E-state index in [-0.39, 0.29) is 24.5 Å². The molecule has 25 heavy (non-hydrogen) atoms. The predicted octanol–water partition coefficient (Wildman–Crippen LogP) is 2.64. The van der Waals surface area contributed by atoms with Crippen LogP contribution in [0.3, 0.4) is 0 Å². The summed E-state index contributed by atoms with van der Waals surface area (Å²) in [6.45, 7) is 8.06. The Morgan fingerprint density at radius 3 is 2.52 bits per heavy atom. The van der Waals surface area contributed by atoms with E-state index in [1.165, 1.54) is 0 Å². The van der Waals surface area contributed by atoms with Gasteiger partial charge in [0.1, 0.15) is 0 Å². The molecule has 0 bridgehead atoms.